The summed E-state index contributed by atoms with van der Waals surface area (Å²) in [4.78, 5) is 13.6. The zero-order valence-corrected chi connectivity index (χ0v) is 9.24. The monoisotopic (exact) mass is 211 g/mol. The van der Waals surface area contributed by atoms with Crippen molar-refractivity contribution in [1.29, 1.82) is 0 Å². The van der Waals surface area contributed by atoms with Gasteiger partial charge in [0.2, 0.25) is 5.91 Å². The van der Waals surface area contributed by atoms with Crippen LogP contribution >= 0.6 is 0 Å². The van der Waals surface area contributed by atoms with Crippen LogP contribution in [0.2, 0.25) is 0 Å². The van der Waals surface area contributed by atoms with Crippen molar-refractivity contribution in [3.8, 4) is 0 Å². The van der Waals surface area contributed by atoms with Gasteiger partial charge in [-0.15, -0.1) is 0 Å². The molecular formula is C11H21N3O. The molecule has 2 unspecified atom stereocenters. The molecule has 4 nitrogen and oxygen atoms in total. The van der Waals surface area contributed by atoms with E-state index in [2.05, 4.69) is 10.2 Å². The fourth-order valence-corrected chi connectivity index (χ4v) is 2.73. The molecule has 0 aromatic heterocycles. The number of piperidine rings is 1. The minimum atomic E-state index is -0.138. The fraction of sp³-hybridized carbons (Fsp3) is 0.909. The second kappa shape index (κ2) is 4.94. The quantitative estimate of drug-likeness (QED) is 0.687. The highest BCUT2D eigenvalue weighted by molar-refractivity contribution is 5.79. The molecule has 1 amide bonds. The number of likely N-dealkylation sites (tertiary alicyclic amines) is 1. The Balaban J connectivity index is 1.89. The fourth-order valence-electron chi connectivity index (χ4n) is 2.73. The van der Waals surface area contributed by atoms with E-state index in [1.807, 2.05) is 0 Å². The molecule has 4 heteroatoms. The second-order valence-electron chi connectivity index (χ2n) is 4.77. The third-order valence-electron chi connectivity index (χ3n) is 3.60. The molecule has 2 aliphatic heterocycles. The summed E-state index contributed by atoms with van der Waals surface area (Å²) in [5, 5.41) is 3.36. The molecule has 2 saturated heterocycles. The van der Waals surface area contributed by atoms with Crippen LogP contribution in [0, 0.1) is 5.92 Å². The van der Waals surface area contributed by atoms with Gasteiger partial charge in [-0.05, 0) is 44.8 Å². The predicted octanol–water partition coefficient (Wildman–Crippen LogP) is -0.0643. The Bertz CT molecular complexity index is 226. The Hall–Kier alpha value is -0.610. The van der Waals surface area contributed by atoms with Crippen LogP contribution in [0.15, 0.2) is 0 Å². The van der Waals surface area contributed by atoms with Gasteiger partial charge < -0.3 is 11.1 Å². The molecular weight excluding hydrogens is 190 g/mol. The Labute approximate surface area is 91.2 Å². The van der Waals surface area contributed by atoms with E-state index in [-0.39, 0.29) is 11.9 Å². The van der Waals surface area contributed by atoms with Gasteiger partial charge in [0.25, 0.3) is 0 Å². The average Bonchev–Trinajstić information content (AvgIpc) is 2.71. The summed E-state index contributed by atoms with van der Waals surface area (Å²) >= 11 is 0. The standard InChI is InChI=1S/C11H21N3O/c12-11(15)10-3-1-2-6-14(10)8-9-4-5-13-7-9/h9-10,13H,1-8H2,(H2,12,15). The largest absolute Gasteiger partial charge is 0.368 e. The van der Waals surface area contributed by atoms with Gasteiger partial charge in [0.1, 0.15) is 0 Å². The highest BCUT2D eigenvalue weighted by atomic mass is 16.1. The SMILES string of the molecule is NC(=O)C1CCCCN1CC1CCNC1. The predicted molar refractivity (Wildman–Crippen MR) is 59.4 cm³/mol. The highest BCUT2D eigenvalue weighted by Crippen LogP contribution is 2.20. The number of nitrogens with two attached hydrogens (primary N) is 1. The smallest absolute Gasteiger partial charge is 0.234 e. The van der Waals surface area contributed by atoms with Gasteiger partial charge >= 0.3 is 0 Å². The Morgan fingerprint density at radius 3 is 2.93 bits per heavy atom. The number of amides is 1. The van der Waals surface area contributed by atoms with E-state index in [9.17, 15) is 4.79 Å². The maximum Gasteiger partial charge on any atom is 0.234 e. The molecule has 3 N–H and O–H groups in total. The first kappa shape index (κ1) is 10.9. The Morgan fingerprint density at radius 1 is 1.40 bits per heavy atom. The number of carbonyl (C=O) groups is 1. The molecule has 0 saturated carbocycles. The number of primary amides is 1. The topological polar surface area (TPSA) is 58.4 Å². The highest BCUT2D eigenvalue weighted by Gasteiger charge is 2.29. The minimum Gasteiger partial charge on any atom is -0.368 e. The number of hydrogen-bond acceptors (Lipinski definition) is 3. The number of hydrogen-bond donors (Lipinski definition) is 2. The first-order valence-corrected chi connectivity index (χ1v) is 6.01. The van der Waals surface area contributed by atoms with Gasteiger partial charge in [-0.3, -0.25) is 9.69 Å². The number of rotatable bonds is 3. The average molecular weight is 211 g/mol. The van der Waals surface area contributed by atoms with Crippen LogP contribution in [0.4, 0.5) is 0 Å². The lowest BCUT2D eigenvalue weighted by Gasteiger charge is -2.35. The Morgan fingerprint density at radius 2 is 2.27 bits per heavy atom. The van der Waals surface area contributed by atoms with Gasteiger partial charge in [-0.1, -0.05) is 6.42 Å². The van der Waals surface area contributed by atoms with Crippen molar-refractivity contribution >= 4 is 5.91 Å². The molecule has 2 heterocycles. The van der Waals surface area contributed by atoms with Gasteiger partial charge in [-0.25, -0.2) is 0 Å². The number of nitrogens with zero attached hydrogens (tertiary/aromatic N) is 1. The summed E-state index contributed by atoms with van der Waals surface area (Å²) in [7, 11) is 0. The third kappa shape index (κ3) is 2.69. The molecule has 0 radical (unpaired) electrons. The molecule has 86 valence electrons. The number of carbonyl (C=O) groups excluding carboxylic acids is 1. The lowest BCUT2D eigenvalue weighted by Crippen LogP contribution is -2.49. The lowest BCUT2D eigenvalue weighted by atomic mass is 9.99. The molecule has 0 bridgehead atoms. The van der Waals surface area contributed by atoms with Crippen molar-refractivity contribution in [2.45, 2.75) is 31.7 Å². The summed E-state index contributed by atoms with van der Waals surface area (Å²) in [5.74, 6) is 0.575. The van der Waals surface area contributed by atoms with Crippen LogP contribution in [-0.2, 0) is 4.79 Å². The van der Waals surface area contributed by atoms with Crippen LogP contribution in [-0.4, -0.2) is 43.0 Å². The maximum atomic E-state index is 11.3. The van der Waals surface area contributed by atoms with E-state index in [1.54, 1.807) is 0 Å². The van der Waals surface area contributed by atoms with Crippen molar-refractivity contribution in [1.82, 2.24) is 10.2 Å². The molecule has 2 atom stereocenters. The molecule has 2 fully saturated rings. The van der Waals surface area contributed by atoms with Gasteiger partial charge in [0, 0.05) is 6.54 Å². The van der Waals surface area contributed by atoms with Crippen molar-refractivity contribution in [2.75, 3.05) is 26.2 Å². The molecule has 0 aromatic carbocycles. The van der Waals surface area contributed by atoms with Crippen LogP contribution in [0.25, 0.3) is 0 Å². The molecule has 2 aliphatic rings. The Kier molecular flexibility index (Phi) is 3.59. The van der Waals surface area contributed by atoms with Gasteiger partial charge in [-0.2, -0.15) is 0 Å². The summed E-state index contributed by atoms with van der Waals surface area (Å²) in [6.45, 7) is 4.31. The second-order valence-corrected chi connectivity index (χ2v) is 4.77. The van der Waals surface area contributed by atoms with Crippen molar-refractivity contribution in [3.05, 3.63) is 0 Å². The van der Waals surface area contributed by atoms with E-state index in [0.29, 0.717) is 5.92 Å². The maximum absolute atomic E-state index is 11.3. The van der Waals surface area contributed by atoms with Gasteiger partial charge in [0.15, 0.2) is 0 Å². The van der Waals surface area contributed by atoms with E-state index in [1.165, 1.54) is 12.8 Å². The van der Waals surface area contributed by atoms with Crippen LogP contribution in [0.3, 0.4) is 0 Å². The lowest BCUT2D eigenvalue weighted by molar-refractivity contribution is -0.124. The first-order valence-electron chi connectivity index (χ1n) is 6.01. The van der Waals surface area contributed by atoms with Gasteiger partial charge in [0.05, 0.1) is 6.04 Å². The summed E-state index contributed by atoms with van der Waals surface area (Å²) < 4.78 is 0. The molecule has 15 heavy (non-hydrogen) atoms. The zero-order chi connectivity index (χ0) is 10.7. The van der Waals surface area contributed by atoms with Crippen LogP contribution < -0.4 is 11.1 Å². The van der Waals surface area contributed by atoms with E-state index >= 15 is 0 Å². The molecule has 2 rings (SSSR count). The van der Waals surface area contributed by atoms with Crippen LogP contribution in [0.5, 0.6) is 0 Å². The minimum absolute atomic E-state index is 0.000602. The summed E-state index contributed by atoms with van der Waals surface area (Å²) in [5.41, 5.74) is 5.44. The summed E-state index contributed by atoms with van der Waals surface area (Å²) in [6.07, 6.45) is 4.55. The third-order valence-corrected chi connectivity index (χ3v) is 3.60. The summed E-state index contributed by atoms with van der Waals surface area (Å²) in [6, 6.07) is -0.000602. The van der Waals surface area contributed by atoms with E-state index < -0.39 is 0 Å². The molecule has 0 aromatic rings. The zero-order valence-electron chi connectivity index (χ0n) is 9.24. The van der Waals surface area contributed by atoms with E-state index in [0.717, 1.165) is 39.0 Å². The van der Waals surface area contributed by atoms with Crippen molar-refractivity contribution in [2.24, 2.45) is 11.7 Å². The van der Waals surface area contributed by atoms with Crippen molar-refractivity contribution in [3.63, 3.8) is 0 Å². The van der Waals surface area contributed by atoms with Crippen molar-refractivity contribution < 1.29 is 4.79 Å². The first-order chi connectivity index (χ1) is 7.27. The van der Waals surface area contributed by atoms with Crippen LogP contribution in [0.1, 0.15) is 25.7 Å². The molecule has 0 aliphatic carbocycles. The van der Waals surface area contributed by atoms with E-state index in [4.69, 9.17) is 5.73 Å². The normalized spacial score (nSPS) is 33.1. The number of nitrogens with one attached hydrogen (secondary N) is 1. The molecule has 0 spiro atoms.